The summed E-state index contributed by atoms with van der Waals surface area (Å²) in [5.74, 6) is -1.51. The van der Waals surface area contributed by atoms with E-state index >= 15 is 0 Å². The van der Waals surface area contributed by atoms with Crippen LogP contribution in [0.25, 0.3) is 0 Å². The van der Waals surface area contributed by atoms with Crippen molar-refractivity contribution >= 4 is 27.9 Å². The Bertz CT molecular complexity index is 800. The van der Waals surface area contributed by atoms with Crippen LogP contribution in [0.3, 0.4) is 0 Å². The smallest absolute Gasteiger partial charge is 0.336 e. The first-order valence-corrected chi connectivity index (χ1v) is 9.97. The molecule has 0 saturated carbocycles. The molecule has 0 amide bonds. The van der Waals surface area contributed by atoms with Gasteiger partial charge < -0.3 is 19.5 Å². The molecule has 1 N–H and O–H groups in total. The number of dihydropyridines is 1. The predicted octanol–water partition coefficient (Wildman–Crippen LogP) is 3.83. The van der Waals surface area contributed by atoms with E-state index in [0.29, 0.717) is 42.2 Å². The molecule has 152 valence electrons. The summed E-state index contributed by atoms with van der Waals surface area (Å²) in [4.78, 5) is 25.7. The summed E-state index contributed by atoms with van der Waals surface area (Å²) in [7, 11) is 1.54. The summed E-state index contributed by atoms with van der Waals surface area (Å²) in [6.07, 6.45) is 0.716. The maximum Gasteiger partial charge on any atom is 0.336 e. The fourth-order valence-corrected chi connectivity index (χ4v) is 3.54. The number of carbonyl (C=O) groups is 2. The first-order chi connectivity index (χ1) is 13.4. The molecular weight excluding hydrogens is 426 g/mol. The Hall–Kier alpha value is -2.12. The number of hydrogen-bond acceptors (Lipinski definition) is 6. The lowest BCUT2D eigenvalue weighted by molar-refractivity contribution is -0.141. The van der Waals surface area contributed by atoms with E-state index in [1.54, 1.807) is 14.0 Å². The zero-order valence-electron chi connectivity index (χ0n) is 16.6. The third-order valence-electron chi connectivity index (χ3n) is 4.34. The zero-order valence-corrected chi connectivity index (χ0v) is 18.2. The minimum atomic E-state index is -0.585. The van der Waals surface area contributed by atoms with E-state index in [0.717, 1.165) is 10.0 Å². The Morgan fingerprint density at radius 1 is 1.04 bits per heavy atom. The number of halogens is 1. The fraction of sp³-hybridized carbons (Fsp3) is 0.429. The molecule has 7 heteroatoms. The highest BCUT2D eigenvalue weighted by molar-refractivity contribution is 9.10. The molecule has 0 radical (unpaired) electrons. The zero-order chi connectivity index (χ0) is 20.7. The average Bonchev–Trinajstić information content (AvgIpc) is 2.65. The molecule has 1 heterocycles. The van der Waals surface area contributed by atoms with Gasteiger partial charge in [0.15, 0.2) is 0 Å². The third kappa shape index (κ3) is 5.23. The molecular formula is C21H26BrNO5. The molecule has 0 saturated heterocycles. The van der Waals surface area contributed by atoms with E-state index < -0.39 is 17.9 Å². The van der Waals surface area contributed by atoms with Crippen molar-refractivity contribution in [3.05, 3.63) is 56.8 Å². The van der Waals surface area contributed by atoms with Gasteiger partial charge in [0, 0.05) is 23.0 Å². The van der Waals surface area contributed by atoms with Crippen LogP contribution in [-0.2, 0) is 23.8 Å². The fourth-order valence-electron chi connectivity index (χ4n) is 3.12. The summed E-state index contributed by atoms with van der Waals surface area (Å²) < 4.78 is 16.6. The van der Waals surface area contributed by atoms with Crippen molar-refractivity contribution in [1.29, 1.82) is 0 Å². The second-order valence-corrected chi connectivity index (χ2v) is 7.37. The van der Waals surface area contributed by atoms with Crippen molar-refractivity contribution in [3.8, 4) is 0 Å². The minimum Gasteiger partial charge on any atom is -0.462 e. The van der Waals surface area contributed by atoms with Gasteiger partial charge in [-0.1, -0.05) is 35.0 Å². The summed E-state index contributed by atoms with van der Waals surface area (Å²) in [6, 6.07) is 7.54. The van der Waals surface area contributed by atoms with Crippen LogP contribution >= 0.6 is 15.9 Å². The molecule has 1 aromatic rings. The van der Waals surface area contributed by atoms with Gasteiger partial charge >= 0.3 is 11.9 Å². The Kier molecular flexibility index (Phi) is 8.26. The van der Waals surface area contributed by atoms with Crippen LogP contribution < -0.4 is 5.32 Å². The molecule has 1 atom stereocenters. The quantitative estimate of drug-likeness (QED) is 0.478. The number of benzene rings is 1. The van der Waals surface area contributed by atoms with Crippen molar-refractivity contribution in [2.75, 3.05) is 26.9 Å². The normalized spacial score (nSPS) is 16.7. The molecule has 1 aromatic carbocycles. The molecule has 0 fully saturated rings. The number of rotatable bonds is 8. The Morgan fingerprint density at radius 2 is 1.64 bits per heavy atom. The second kappa shape index (κ2) is 10.4. The number of ether oxygens (including phenoxy) is 3. The van der Waals surface area contributed by atoms with Gasteiger partial charge in [-0.3, -0.25) is 0 Å². The molecule has 0 aromatic heterocycles. The van der Waals surface area contributed by atoms with Crippen LogP contribution in [0.5, 0.6) is 0 Å². The highest BCUT2D eigenvalue weighted by atomic mass is 79.9. The topological polar surface area (TPSA) is 73.9 Å². The summed E-state index contributed by atoms with van der Waals surface area (Å²) in [5.41, 5.74) is 2.92. The molecule has 1 aliphatic heterocycles. The van der Waals surface area contributed by atoms with E-state index in [2.05, 4.69) is 21.2 Å². The highest BCUT2D eigenvalue weighted by Gasteiger charge is 2.38. The number of esters is 2. The molecule has 28 heavy (non-hydrogen) atoms. The van der Waals surface area contributed by atoms with Gasteiger partial charge in [-0.25, -0.2) is 9.59 Å². The molecule has 0 bridgehead atoms. The summed E-state index contributed by atoms with van der Waals surface area (Å²) in [6.45, 7) is 6.29. The average molecular weight is 452 g/mol. The van der Waals surface area contributed by atoms with E-state index in [1.807, 2.05) is 38.1 Å². The van der Waals surface area contributed by atoms with Crippen molar-refractivity contribution in [1.82, 2.24) is 5.32 Å². The van der Waals surface area contributed by atoms with E-state index in [-0.39, 0.29) is 6.61 Å². The van der Waals surface area contributed by atoms with E-state index in [1.165, 1.54) is 0 Å². The lowest BCUT2D eigenvalue weighted by Gasteiger charge is -2.30. The number of allylic oxidation sites excluding steroid dienone is 2. The van der Waals surface area contributed by atoms with Crippen molar-refractivity contribution in [2.24, 2.45) is 0 Å². The summed E-state index contributed by atoms with van der Waals surface area (Å²) >= 11 is 3.47. The Balaban J connectivity index is 2.51. The maximum atomic E-state index is 12.9. The van der Waals surface area contributed by atoms with Crippen molar-refractivity contribution in [3.63, 3.8) is 0 Å². The molecule has 1 unspecified atom stereocenters. The van der Waals surface area contributed by atoms with Crippen LogP contribution in [0.4, 0.5) is 0 Å². The van der Waals surface area contributed by atoms with Gasteiger partial charge in [-0.2, -0.15) is 0 Å². The number of carbonyl (C=O) groups excluding carboxylic acids is 2. The van der Waals surface area contributed by atoms with Crippen LogP contribution in [0.15, 0.2) is 51.3 Å². The lowest BCUT2D eigenvalue weighted by atomic mass is 9.80. The van der Waals surface area contributed by atoms with E-state index in [4.69, 9.17) is 14.2 Å². The van der Waals surface area contributed by atoms with Gasteiger partial charge in [0.05, 0.1) is 30.3 Å². The van der Waals surface area contributed by atoms with Gasteiger partial charge in [0.25, 0.3) is 0 Å². The van der Waals surface area contributed by atoms with Crippen molar-refractivity contribution < 1.29 is 23.8 Å². The Labute approximate surface area is 174 Å². The van der Waals surface area contributed by atoms with Crippen molar-refractivity contribution in [2.45, 2.75) is 33.1 Å². The molecule has 6 nitrogen and oxygen atoms in total. The standard InChI is InChI=1S/C21H26BrNO5/c1-5-9-27-20(24)17-13(2)23-14(3)18(21(25)28-11-10-26-4)19(17)15-7-6-8-16(22)12-15/h6-8,12,19,23H,5,9-11H2,1-4H3. The molecule has 0 spiro atoms. The van der Waals surface area contributed by atoms with E-state index in [9.17, 15) is 9.59 Å². The maximum absolute atomic E-state index is 12.9. The Morgan fingerprint density at radius 3 is 2.18 bits per heavy atom. The molecule has 2 rings (SSSR count). The number of nitrogens with one attached hydrogen (secondary N) is 1. The SMILES string of the molecule is CCCOC(=O)C1=C(C)NC(C)=C(C(=O)OCCOC)C1c1cccc(Br)c1. The second-order valence-electron chi connectivity index (χ2n) is 6.46. The van der Waals surface area contributed by atoms with Gasteiger partial charge in [-0.15, -0.1) is 0 Å². The summed E-state index contributed by atoms with van der Waals surface area (Å²) in [5, 5.41) is 3.14. The largest absolute Gasteiger partial charge is 0.462 e. The van der Waals surface area contributed by atoms with Gasteiger partial charge in [0.2, 0.25) is 0 Å². The lowest BCUT2D eigenvalue weighted by Crippen LogP contribution is -2.33. The number of methoxy groups -OCH3 is 1. The first-order valence-electron chi connectivity index (χ1n) is 9.17. The van der Waals surface area contributed by atoms with Gasteiger partial charge in [-0.05, 0) is 38.0 Å². The molecule has 0 aliphatic carbocycles. The first kappa shape index (κ1) is 22.2. The third-order valence-corrected chi connectivity index (χ3v) is 4.83. The minimum absolute atomic E-state index is 0.135. The predicted molar refractivity (Wildman–Crippen MR) is 110 cm³/mol. The monoisotopic (exact) mass is 451 g/mol. The molecule has 1 aliphatic rings. The highest BCUT2D eigenvalue weighted by Crippen LogP contribution is 2.39. The van der Waals surface area contributed by atoms with Crippen LogP contribution in [0.1, 0.15) is 38.7 Å². The van der Waals surface area contributed by atoms with Crippen LogP contribution in [0, 0.1) is 0 Å². The van der Waals surface area contributed by atoms with Gasteiger partial charge in [0.1, 0.15) is 6.61 Å². The number of hydrogen-bond donors (Lipinski definition) is 1. The van der Waals surface area contributed by atoms with Crippen LogP contribution in [-0.4, -0.2) is 38.9 Å². The van der Waals surface area contributed by atoms with Crippen LogP contribution in [0.2, 0.25) is 0 Å².